The summed E-state index contributed by atoms with van der Waals surface area (Å²) in [6, 6.07) is 16.1. The minimum absolute atomic E-state index is 0.122. The Hall–Kier alpha value is -2.25. The molecule has 0 atom stereocenters. The lowest BCUT2D eigenvalue weighted by atomic mass is 10.1. The van der Waals surface area contributed by atoms with Crippen LogP contribution in [0.25, 0.3) is 0 Å². The Balaban J connectivity index is 1.74. The zero-order chi connectivity index (χ0) is 19.2. The number of aromatic nitrogens is 3. The molecule has 5 nitrogen and oxygen atoms in total. The van der Waals surface area contributed by atoms with E-state index in [2.05, 4.69) is 43.4 Å². The molecule has 3 rings (SSSR count). The van der Waals surface area contributed by atoms with Gasteiger partial charge in [-0.25, -0.2) is 0 Å². The largest absolute Gasteiger partial charge is 0.490 e. The predicted octanol–water partition coefficient (Wildman–Crippen LogP) is 5.16. The van der Waals surface area contributed by atoms with Crippen molar-refractivity contribution in [2.24, 2.45) is 5.10 Å². The maximum absolute atomic E-state index is 5.73. The molecule has 0 bridgehead atoms. The average molecular weight is 445 g/mol. The maximum Gasteiger partial charge on any atom is 0.216 e. The Labute approximate surface area is 172 Å². The van der Waals surface area contributed by atoms with Crippen LogP contribution < -0.4 is 4.74 Å². The first-order valence-corrected chi connectivity index (χ1v) is 9.94. The van der Waals surface area contributed by atoms with Crippen LogP contribution in [0.4, 0.5) is 0 Å². The molecule has 1 aromatic heterocycles. The summed E-state index contributed by atoms with van der Waals surface area (Å²) < 4.78 is 8.77. The zero-order valence-electron chi connectivity index (χ0n) is 15.2. The van der Waals surface area contributed by atoms with E-state index in [1.807, 2.05) is 50.2 Å². The summed E-state index contributed by atoms with van der Waals surface area (Å²) in [4.78, 5) is 0. The van der Waals surface area contributed by atoms with Gasteiger partial charge in [0.15, 0.2) is 5.82 Å². The lowest BCUT2D eigenvalue weighted by Gasteiger charge is -2.11. The van der Waals surface area contributed by atoms with Crippen LogP contribution in [0.5, 0.6) is 5.75 Å². The second-order valence-corrected chi connectivity index (χ2v) is 7.58. The number of hydrogen-bond acceptors (Lipinski definition) is 4. The first-order chi connectivity index (χ1) is 13.0. The molecular weight excluding hydrogens is 424 g/mol. The van der Waals surface area contributed by atoms with E-state index in [0.29, 0.717) is 4.77 Å². The number of nitrogens with one attached hydrogen (secondary N) is 1. The van der Waals surface area contributed by atoms with E-state index in [0.717, 1.165) is 34.5 Å². The van der Waals surface area contributed by atoms with Gasteiger partial charge in [-0.2, -0.15) is 14.9 Å². The van der Waals surface area contributed by atoms with Crippen molar-refractivity contribution in [3.8, 4) is 5.75 Å². The minimum atomic E-state index is 0.122. The Morgan fingerprint density at radius 1 is 1.22 bits per heavy atom. The van der Waals surface area contributed by atoms with E-state index in [1.165, 1.54) is 5.56 Å². The van der Waals surface area contributed by atoms with E-state index in [9.17, 15) is 0 Å². The van der Waals surface area contributed by atoms with Gasteiger partial charge in [-0.3, -0.25) is 5.10 Å². The number of aromatic amines is 1. The number of aryl methyl sites for hydroxylation is 2. The molecule has 0 fully saturated rings. The molecule has 0 spiro atoms. The molecule has 2 aromatic carbocycles. The van der Waals surface area contributed by atoms with Gasteiger partial charge < -0.3 is 4.74 Å². The summed E-state index contributed by atoms with van der Waals surface area (Å²) in [6.07, 6.45) is 3.51. The third-order valence-electron chi connectivity index (χ3n) is 3.84. The van der Waals surface area contributed by atoms with E-state index >= 15 is 0 Å². The third-order valence-corrected chi connectivity index (χ3v) is 4.72. The summed E-state index contributed by atoms with van der Waals surface area (Å²) in [5.41, 5.74) is 2.20. The van der Waals surface area contributed by atoms with Gasteiger partial charge in [0.2, 0.25) is 4.77 Å². The van der Waals surface area contributed by atoms with Crippen molar-refractivity contribution >= 4 is 34.4 Å². The number of H-pyrrole nitrogens is 1. The first-order valence-electron chi connectivity index (χ1n) is 8.73. The zero-order valence-corrected chi connectivity index (χ0v) is 17.6. The smallest absolute Gasteiger partial charge is 0.216 e. The summed E-state index contributed by atoms with van der Waals surface area (Å²) in [6.45, 7) is 4.00. The Bertz CT molecular complexity index is 979. The van der Waals surface area contributed by atoms with Crippen LogP contribution in [0, 0.1) is 4.77 Å². The Morgan fingerprint density at radius 3 is 2.70 bits per heavy atom. The molecule has 7 heteroatoms. The van der Waals surface area contributed by atoms with Crippen molar-refractivity contribution in [1.29, 1.82) is 0 Å². The van der Waals surface area contributed by atoms with Crippen LogP contribution in [0.2, 0.25) is 0 Å². The third kappa shape index (κ3) is 5.37. The highest BCUT2D eigenvalue weighted by Gasteiger charge is 2.07. The molecule has 0 saturated carbocycles. The van der Waals surface area contributed by atoms with Crippen molar-refractivity contribution in [1.82, 2.24) is 14.9 Å². The van der Waals surface area contributed by atoms with Gasteiger partial charge in [-0.05, 0) is 77.7 Å². The molecule has 0 saturated heterocycles. The van der Waals surface area contributed by atoms with E-state index in [4.69, 9.17) is 17.0 Å². The lowest BCUT2D eigenvalue weighted by molar-refractivity contribution is 0.241. The molecule has 1 N–H and O–H groups in total. The highest BCUT2D eigenvalue weighted by molar-refractivity contribution is 9.10. The topological polar surface area (TPSA) is 55.2 Å². The van der Waals surface area contributed by atoms with Gasteiger partial charge in [0.25, 0.3) is 0 Å². The van der Waals surface area contributed by atoms with Crippen molar-refractivity contribution in [2.45, 2.75) is 32.8 Å². The number of halogens is 1. The maximum atomic E-state index is 5.73. The highest BCUT2D eigenvalue weighted by atomic mass is 79.9. The minimum Gasteiger partial charge on any atom is -0.490 e. The predicted molar refractivity (Wildman–Crippen MR) is 114 cm³/mol. The van der Waals surface area contributed by atoms with Crippen LogP contribution in [0.15, 0.2) is 58.1 Å². The second-order valence-electron chi connectivity index (χ2n) is 6.34. The van der Waals surface area contributed by atoms with Gasteiger partial charge in [-0.1, -0.05) is 30.3 Å². The SMILES string of the molecule is CC(C)Oc1ccc(/C=N\n2c(CCc3ccccc3)n[nH]c2=S)cc1Br. The number of ether oxygens (including phenoxy) is 1. The van der Waals surface area contributed by atoms with Crippen molar-refractivity contribution < 1.29 is 4.74 Å². The summed E-state index contributed by atoms with van der Waals surface area (Å²) in [5.74, 6) is 1.62. The molecule has 0 amide bonds. The molecule has 0 aliphatic heterocycles. The van der Waals surface area contributed by atoms with Gasteiger partial charge >= 0.3 is 0 Å². The number of hydrogen-bond donors (Lipinski definition) is 1. The van der Waals surface area contributed by atoms with Crippen LogP contribution in [0.1, 0.15) is 30.8 Å². The van der Waals surface area contributed by atoms with Gasteiger partial charge in [-0.15, -0.1) is 0 Å². The molecule has 0 aliphatic rings. The van der Waals surface area contributed by atoms with E-state index in [1.54, 1.807) is 10.9 Å². The Kier molecular flexibility index (Phi) is 6.58. The van der Waals surface area contributed by atoms with Gasteiger partial charge in [0, 0.05) is 6.42 Å². The molecule has 1 heterocycles. The molecule has 0 aliphatic carbocycles. The van der Waals surface area contributed by atoms with Gasteiger partial charge in [0.1, 0.15) is 5.75 Å². The van der Waals surface area contributed by atoms with Crippen LogP contribution in [-0.2, 0) is 12.8 Å². The number of rotatable bonds is 7. The van der Waals surface area contributed by atoms with E-state index in [-0.39, 0.29) is 6.10 Å². The van der Waals surface area contributed by atoms with Crippen LogP contribution in [0.3, 0.4) is 0 Å². The summed E-state index contributed by atoms with van der Waals surface area (Å²) >= 11 is 8.86. The normalized spacial score (nSPS) is 11.4. The second kappa shape index (κ2) is 9.10. The Morgan fingerprint density at radius 2 is 2.00 bits per heavy atom. The molecule has 140 valence electrons. The average Bonchev–Trinajstić information content (AvgIpc) is 3.00. The van der Waals surface area contributed by atoms with Crippen molar-refractivity contribution in [3.63, 3.8) is 0 Å². The molecule has 3 aromatic rings. The lowest BCUT2D eigenvalue weighted by Crippen LogP contribution is -2.06. The van der Waals surface area contributed by atoms with Crippen LogP contribution in [-0.4, -0.2) is 27.2 Å². The first kappa shape index (κ1) is 19.5. The summed E-state index contributed by atoms with van der Waals surface area (Å²) in [5, 5.41) is 11.6. The fraction of sp³-hybridized carbons (Fsp3) is 0.250. The highest BCUT2D eigenvalue weighted by Crippen LogP contribution is 2.26. The van der Waals surface area contributed by atoms with Crippen molar-refractivity contribution in [3.05, 3.63) is 74.7 Å². The monoisotopic (exact) mass is 444 g/mol. The number of nitrogens with zero attached hydrogens (tertiary/aromatic N) is 3. The number of benzene rings is 2. The van der Waals surface area contributed by atoms with Crippen LogP contribution >= 0.6 is 28.1 Å². The van der Waals surface area contributed by atoms with E-state index < -0.39 is 0 Å². The quantitative estimate of drug-likeness (QED) is 0.404. The summed E-state index contributed by atoms with van der Waals surface area (Å²) in [7, 11) is 0. The van der Waals surface area contributed by atoms with Gasteiger partial charge in [0.05, 0.1) is 16.8 Å². The standard InChI is InChI=1S/C20H21BrN4OS/c1-14(2)26-18-10-8-16(12-17(18)21)13-22-25-19(23-24-20(25)27)11-9-15-6-4-3-5-7-15/h3-8,10,12-14H,9,11H2,1-2H3,(H,24,27)/b22-13-. The fourth-order valence-corrected chi connectivity index (χ4v) is 3.27. The molecular formula is C20H21BrN4OS. The molecule has 0 unspecified atom stereocenters. The van der Waals surface area contributed by atoms with Crippen molar-refractivity contribution in [2.75, 3.05) is 0 Å². The fourth-order valence-electron chi connectivity index (χ4n) is 2.58. The molecule has 27 heavy (non-hydrogen) atoms. The molecule has 0 radical (unpaired) electrons.